The molecule has 0 aromatic heterocycles. The molecule has 0 radical (unpaired) electrons. The average molecular weight is 254 g/mol. The fraction of sp³-hybridized carbons (Fsp3) is 0.500. The molecule has 0 aliphatic carbocycles. The predicted molar refractivity (Wildman–Crippen MR) is 49.9 cm³/mol. The monoisotopic (exact) mass is 253 g/mol. The molecule has 4 nitrogen and oxygen atoms in total. The van der Waals surface area contributed by atoms with Crippen LogP contribution in [0.1, 0.15) is 6.92 Å². The van der Waals surface area contributed by atoms with E-state index in [9.17, 15) is 8.42 Å². The van der Waals surface area contributed by atoms with Crippen LogP contribution in [-0.4, -0.2) is 25.6 Å². The minimum Gasteiger partial charge on any atom is -0.375 e. The summed E-state index contributed by atoms with van der Waals surface area (Å²) in [5.41, 5.74) is 0.434. The van der Waals surface area contributed by atoms with Crippen molar-refractivity contribution in [1.29, 1.82) is 0 Å². The lowest BCUT2D eigenvalue weighted by Crippen LogP contribution is -1.98. The van der Waals surface area contributed by atoms with Gasteiger partial charge in [0.05, 0.1) is 17.7 Å². The molecule has 12 heavy (non-hydrogen) atoms. The lowest BCUT2D eigenvalue weighted by atomic mass is 10.5. The molecule has 0 amide bonds. The van der Waals surface area contributed by atoms with Crippen LogP contribution in [0.3, 0.4) is 0 Å². The van der Waals surface area contributed by atoms with Gasteiger partial charge in [-0.3, -0.25) is 0 Å². The first kappa shape index (κ1) is 9.88. The van der Waals surface area contributed by atoms with Gasteiger partial charge in [-0.2, -0.15) is 0 Å². The van der Waals surface area contributed by atoms with Gasteiger partial charge in [-0.25, -0.2) is 13.4 Å². The van der Waals surface area contributed by atoms with Crippen LogP contribution >= 0.6 is 15.9 Å². The summed E-state index contributed by atoms with van der Waals surface area (Å²) in [7, 11) is -3.28. The number of rotatable bonds is 3. The summed E-state index contributed by atoms with van der Waals surface area (Å²) < 4.78 is 27.0. The van der Waals surface area contributed by atoms with Gasteiger partial charge in [0.25, 0.3) is 0 Å². The standard InChI is InChI=1S/C6H8BrNO3S/c1-2-11-3-5-4-12(9,10)6(7)8-5/h4H,2-3H2,1H3. The van der Waals surface area contributed by atoms with Crippen molar-refractivity contribution >= 4 is 29.7 Å². The van der Waals surface area contributed by atoms with Gasteiger partial charge in [0, 0.05) is 6.61 Å². The SMILES string of the molecule is CCOCC1=CS(=O)(=O)C(Br)=N1. The van der Waals surface area contributed by atoms with E-state index in [0.29, 0.717) is 12.3 Å². The van der Waals surface area contributed by atoms with E-state index in [2.05, 4.69) is 20.9 Å². The predicted octanol–water partition coefficient (Wildman–Crippen LogP) is 1.04. The van der Waals surface area contributed by atoms with E-state index in [1.54, 1.807) is 0 Å². The largest absolute Gasteiger partial charge is 0.375 e. The second-order valence-electron chi connectivity index (χ2n) is 2.16. The van der Waals surface area contributed by atoms with Crippen molar-refractivity contribution in [3.8, 4) is 0 Å². The second kappa shape index (κ2) is 3.68. The quantitative estimate of drug-likeness (QED) is 0.756. The summed E-state index contributed by atoms with van der Waals surface area (Å²) in [4.78, 5) is 3.76. The van der Waals surface area contributed by atoms with E-state index in [0.717, 1.165) is 5.41 Å². The van der Waals surface area contributed by atoms with Gasteiger partial charge in [-0.15, -0.1) is 0 Å². The molecule has 0 saturated heterocycles. The van der Waals surface area contributed by atoms with Crippen LogP contribution in [0.25, 0.3) is 0 Å². The number of hydrogen-bond acceptors (Lipinski definition) is 4. The molecule has 0 spiro atoms. The molecule has 0 unspecified atom stereocenters. The lowest BCUT2D eigenvalue weighted by molar-refractivity contribution is 0.170. The summed E-state index contributed by atoms with van der Waals surface area (Å²) in [6, 6.07) is 0. The molecule has 0 fully saturated rings. The molecule has 0 N–H and O–H groups in total. The van der Waals surface area contributed by atoms with Crippen LogP contribution in [0.5, 0.6) is 0 Å². The highest BCUT2D eigenvalue weighted by Gasteiger charge is 2.21. The first-order valence-corrected chi connectivity index (χ1v) is 5.68. The van der Waals surface area contributed by atoms with Gasteiger partial charge in [0.15, 0.2) is 0 Å². The fourth-order valence-corrected chi connectivity index (χ4v) is 2.03. The maximum atomic E-state index is 11.0. The maximum absolute atomic E-state index is 11.0. The number of nitrogens with zero attached hydrogens (tertiary/aromatic N) is 1. The Hall–Kier alpha value is -0.200. The number of halogens is 1. The summed E-state index contributed by atoms with van der Waals surface area (Å²) in [5, 5.41) is 1.10. The van der Waals surface area contributed by atoms with Crippen molar-refractivity contribution in [1.82, 2.24) is 0 Å². The Morgan fingerprint density at radius 1 is 1.67 bits per heavy atom. The zero-order valence-corrected chi connectivity index (χ0v) is 8.85. The molecule has 1 heterocycles. The van der Waals surface area contributed by atoms with Crippen molar-refractivity contribution in [2.24, 2.45) is 4.99 Å². The van der Waals surface area contributed by atoms with Crippen LogP contribution in [0.4, 0.5) is 0 Å². The molecule has 0 bridgehead atoms. The molecule has 6 heteroatoms. The Balaban J connectivity index is 2.73. The Labute approximate surface area is 79.4 Å². The van der Waals surface area contributed by atoms with Gasteiger partial charge in [0.1, 0.15) is 0 Å². The van der Waals surface area contributed by atoms with E-state index in [1.165, 1.54) is 0 Å². The van der Waals surface area contributed by atoms with Crippen molar-refractivity contribution < 1.29 is 13.2 Å². The smallest absolute Gasteiger partial charge is 0.225 e. The van der Waals surface area contributed by atoms with Crippen molar-refractivity contribution in [3.05, 3.63) is 11.1 Å². The maximum Gasteiger partial charge on any atom is 0.225 e. The summed E-state index contributed by atoms with van der Waals surface area (Å²) in [5.74, 6) is 0. The number of sulfone groups is 1. The minimum atomic E-state index is -3.28. The number of aliphatic imine (C=N–C) groups is 1. The Morgan fingerprint density at radius 3 is 2.75 bits per heavy atom. The first-order chi connectivity index (χ1) is 5.56. The second-order valence-corrected chi connectivity index (χ2v) is 5.14. The Bertz CT molecular complexity index is 331. The van der Waals surface area contributed by atoms with Gasteiger partial charge in [0.2, 0.25) is 13.8 Å². The number of hydrogen-bond donors (Lipinski definition) is 0. The van der Waals surface area contributed by atoms with Crippen LogP contribution < -0.4 is 0 Å². The molecular formula is C6H8BrNO3S. The fourth-order valence-electron chi connectivity index (χ4n) is 0.704. The topological polar surface area (TPSA) is 55.7 Å². The van der Waals surface area contributed by atoms with Crippen molar-refractivity contribution in [2.75, 3.05) is 13.2 Å². The highest BCUT2D eigenvalue weighted by Crippen LogP contribution is 2.18. The molecule has 0 aromatic carbocycles. The highest BCUT2D eigenvalue weighted by molar-refractivity contribution is 9.21. The Morgan fingerprint density at radius 2 is 2.33 bits per heavy atom. The molecule has 1 aliphatic rings. The molecule has 1 aliphatic heterocycles. The van der Waals surface area contributed by atoms with Gasteiger partial charge >= 0.3 is 0 Å². The van der Waals surface area contributed by atoms with Crippen LogP contribution in [0, 0.1) is 0 Å². The van der Waals surface area contributed by atoms with Gasteiger partial charge in [-0.05, 0) is 22.9 Å². The minimum absolute atomic E-state index is 0.0373. The van der Waals surface area contributed by atoms with Gasteiger partial charge in [-0.1, -0.05) is 0 Å². The van der Waals surface area contributed by atoms with Crippen LogP contribution in [0.2, 0.25) is 0 Å². The van der Waals surface area contributed by atoms with E-state index < -0.39 is 9.84 Å². The molecule has 0 saturated carbocycles. The third-order valence-corrected chi connectivity index (χ3v) is 3.89. The summed E-state index contributed by atoms with van der Waals surface area (Å²) in [6.45, 7) is 2.62. The first-order valence-electron chi connectivity index (χ1n) is 3.34. The lowest BCUT2D eigenvalue weighted by Gasteiger charge is -1.95. The number of ether oxygens (including phenoxy) is 1. The highest BCUT2D eigenvalue weighted by atomic mass is 79.9. The van der Waals surface area contributed by atoms with E-state index >= 15 is 0 Å². The molecular weight excluding hydrogens is 246 g/mol. The van der Waals surface area contributed by atoms with Crippen molar-refractivity contribution in [3.63, 3.8) is 0 Å². The zero-order chi connectivity index (χ0) is 9.19. The Kier molecular flexibility index (Phi) is 3.03. The van der Waals surface area contributed by atoms with Gasteiger partial charge < -0.3 is 4.74 Å². The normalized spacial score (nSPS) is 20.5. The van der Waals surface area contributed by atoms with E-state index in [1.807, 2.05) is 6.92 Å². The summed E-state index contributed by atoms with van der Waals surface area (Å²) >= 11 is 2.85. The van der Waals surface area contributed by atoms with E-state index in [4.69, 9.17) is 4.74 Å². The van der Waals surface area contributed by atoms with Crippen LogP contribution in [0.15, 0.2) is 16.1 Å². The summed E-state index contributed by atoms with van der Waals surface area (Å²) in [6.07, 6.45) is 0. The molecule has 68 valence electrons. The molecule has 0 atom stereocenters. The molecule has 1 rings (SSSR count). The zero-order valence-electron chi connectivity index (χ0n) is 6.45. The third-order valence-electron chi connectivity index (χ3n) is 1.21. The molecule has 0 aromatic rings. The van der Waals surface area contributed by atoms with E-state index in [-0.39, 0.29) is 10.6 Å². The third kappa shape index (κ3) is 2.15. The van der Waals surface area contributed by atoms with Crippen molar-refractivity contribution in [2.45, 2.75) is 6.92 Å². The van der Waals surface area contributed by atoms with Crippen LogP contribution in [-0.2, 0) is 14.6 Å². The average Bonchev–Trinajstić information content (AvgIpc) is 2.22.